The molecule has 0 saturated carbocycles. The molecule has 1 aliphatic rings. The van der Waals surface area contributed by atoms with Crippen LogP contribution in [0.1, 0.15) is 18.5 Å². The number of carbonyl (C=O) groups is 1. The molecule has 0 saturated heterocycles. The van der Waals surface area contributed by atoms with Gasteiger partial charge in [0.05, 0.1) is 18.7 Å². The fraction of sp³-hybridized carbons (Fsp3) is 0.176. The van der Waals surface area contributed by atoms with Crippen molar-refractivity contribution in [1.29, 1.82) is 0 Å². The molecule has 0 aliphatic carbocycles. The third-order valence-corrected chi connectivity index (χ3v) is 4.85. The van der Waals surface area contributed by atoms with E-state index in [2.05, 4.69) is 5.32 Å². The summed E-state index contributed by atoms with van der Waals surface area (Å²) in [5, 5.41) is 7.54. The zero-order valence-corrected chi connectivity index (χ0v) is 14.7. The largest absolute Gasteiger partial charge is 0.466 e. The summed E-state index contributed by atoms with van der Waals surface area (Å²) in [6.45, 7) is 1.81. The molecule has 1 N–H and O–H groups in total. The van der Waals surface area contributed by atoms with Crippen LogP contribution in [0.2, 0.25) is 0 Å². The molecular weight excluding hydrogens is 347 g/mol. The number of thiophene rings is 1. The van der Waals surface area contributed by atoms with Gasteiger partial charge in [-0.2, -0.15) is 11.3 Å². The van der Waals surface area contributed by atoms with Gasteiger partial charge in [-0.15, -0.1) is 0 Å². The lowest BCUT2D eigenvalue weighted by Crippen LogP contribution is -2.48. The van der Waals surface area contributed by atoms with E-state index in [1.807, 2.05) is 23.8 Å². The van der Waals surface area contributed by atoms with Crippen LogP contribution >= 0.6 is 23.6 Å². The molecule has 4 nitrogen and oxygen atoms in total. The minimum absolute atomic E-state index is 0.333. The average Bonchev–Trinajstić information content (AvgIpc) is 3.10. The maximum absolute atomic E-state index is 13.2. The number of nitrogens with zero attached hydrogens (tertiary/aromatic N) is 1. The molecule has 1 atom stereocenters. The predicted molar refractivity (Wildman–Crippen MR) is 96.4 cm³/mol. The lowest BCUT2D eigenvalue weighted by molar-refractivity contribution is -0.136. The van der Waals surface area contributed by atoms with Crippen LogP contribution in [-0.4, -0.2) is 18.2 Å². The molecule has 24 heavy (non-hydrogen) atoms. The number of halogens is 1. The van der Waals surface area contributed by atoms with E-state index in [-0.39, 0.29) is 11.9 Å². The first-order valence-corrected chi connectivity index (χ1v) is 8.55. The smallest absolute Gasteiger partial charge is 0.337 e. The van der Waals surface area contributed by atoms with Gasteiger partial charge in [-0.05, 0) is 65.8 Å². The first-order chi connectivity index (χ1) is 11.5. The number of nitrogens with one attached hydrogen (secondary N) is 1. The lowest BCUT2D eigenvalue weighted by Gasteiger charge is -2.37. The minimum atomic E-state index is -0.425. The number of anilines is 1. The number of rotatable bonds is 3. The third kappa shape index (κ3) is 2.92. The molecular formula is C17H15FN2O2S2. The Kier molecular flexibility index (Phi) is 4.64. The number of ether oxygens (including phenoxy) is 1. The van der Waals surface area contributed by atoms with Crippen LogP contribution in [-0.2, 0) is 9.53 Å². The van der Waals surface area contributed by atoms with E-state index in [0.717, 1.165) is 5.56 Å². The first kappa shape index (κ1) is 16.6. The van der Waals surface area contributed by atoms with E-state index in [1.165, 1.54) is 19.2 Å². The summed E-state index contributed by atoms with van der Waals surface area (Å²) in [7, 11) is 1.35. The maximum Gasteiger partial charge on any atom is 0.337 e. The van der Waals surface area contributed by atoms with Crippen LogP contribution < -0.4 is 10.2 Å². The highest BCUT2D eigenvalue weighted by molar-refractivity contribution is 7.80. The summed E-state index contributed by atoms with van der Waals surface area (Å²) in [6, 6.07) is 7.52. The zero-order valence-electron chi connectivity index (χ0n) is 13.1. The van der Waals surface area contributed by atoms with Crippen molar-refractivity contribution < 1.29 is 13.9 Å². The predicted octanol–water partition coefficient (Wildman–Crippen LogP) is 3.77. The molecule has 0 amide bonds. The van der Waals surface area contributed by atoms with Gasteiger partial charge < -0.3 is 10.1 Å². The highest BCUT2D eigenvalue weighted by Gasteiger charge is 2.35. The number of hydrogen-bond acceptors (Lipinski definition) is 4. The summed E-state index contributed by atoms with van der Waals surface area (Å²) in [4.78, 5) is 14.1. The molecule has 7 heteroatoms. The van der Waals surface area contributed by atoms with E-state index in [0.29, 0.717) is 22.1 Å². The number of benzene rings is 1. The molecule has 1 aliphatic heterocycles. The lowest BCUT2D eigenvalue weighted by atomic mass is 9.97. The van der Waals surface area contributed by atoms with Gasteiger partial charge in [-0.25, -0.2) is 9.18 Å². The molecule has 0 radical (unpaired) electrons. The van der Waals surface area contributed by atoms with Gasteiger partial charge in [-0.1, -0.05) is 0 Å². The van der Waals surface area contributed by atoms with Crippen molar-refractivity contribution in [3.05, 3.63) is 63.7 Å². The van der Waals surface area contributed by atoms with Gasteiger partial charge in [0.1, 0.15) is 5.82 Å². The minimum Gasteiger partial charge on any atom is -0.466 e. The molecule has 0 fully saturated rings. The van der Waals surface area contributed by atoms with Gasteiger partial charge in [0.25, 0.3) is 0 Å². The second-order valence-electron chi connectivity index (χ2n) is 5.24. The molecule has 3 rings (SSSR count). The van der Waals surface area contributed by atoms with Crippen molar-refractivity contribution in [3.63, 3.8) is 0 Å². The first-order valence-electron chi connectivity index (χ1n) is 7.20. The van der Waals surface area contributed by atoms with Crippen LogP contribution in [0.25, 0.3) is 0 Å². The number of thiocarbonyl (C=S) groups is 1. The number of esters is 1. The number of methoxy groups -OCH3 is 1. The number of allylic oxidation sites excluding steroid dienone is 1. The van der Waals surface area contributed by atoms with Crippen molar-refractivity contribution in [2.24, 2.45) is 0 Å². The van der Waals surface area contributed by atoms with Crippen LogP contribution in [0.15, 0.2) is 52.4 Å². The maximum atomic E-state index is 13.2. The van der Waals surface area contributed by atoms with Crippen LogP contribution in [0.5, 0.6) is 0 Å². The van der Waals surface area contributed by atoms with Gasteiger partial charge >= 0.3 is 5.97 Å². The summed E-state index contributed by atoms with van der Waals surface area (Å²) in [6.07, 6.45) is 0. The van der Waals surface area contributed by atoms with Crippen molar-refractivity contribution in [2.75, 3.05) is 12.0 Å². The Hall–Kier alpha value is -2.25. The fourth-order valence-corrected chi connectivity index (χ4v) is 3.75. The molecule has 2 aromatic rings. The van der Waals surface area contributed by atoms with Crippen molar-refractivity contribution in [3.8, 4) is 0 Å². The van der Waals surface area contributed by atoms with E-state index in [1.54, 1.807) is 28.4 Å². The molecule has 1 aromatic carbocycles. The zero-order chi connectivity index (χ0) is 17.3. The Morgan fingerprint density at radius 3 is 2.62 bits per heavy atom. The standard InChI is InChI=1S/C17H15FN2O2S2/c1-10-14(16(21)22-2)15(11-7-8-24-9-11)19-17(23)20(10)13-5-3-12(18)4-6-13/h3-9,15H,1-2H3,(H,19,23)/t15-/m1/s1. The normalized spacial score (nSPS) is 17.7. The van der Waals surface area contributed by atoms with E-state index < -0.39 is 5.97 Å². The third-order valence-electron chi connectivity index (χ3n) is 3.85. The second-order valence-corrected chi connectivity index (χ2v) is 6.41. The Balaban J connectivity index is 2.12. The molecule has 0 bridgehead atoms. The van der Waals surface area contributed by atoms with Crippen molar-refractivity contribution in [2.45, 2.75) is 13.0 Å². The number of carbonyl (C=O) groups excluding carboxylic acids is 1. The average molecular weight is 362 g/mol. The molecule has 1 aromatic heterocycles. The van der Waals surface area contributed by atoms with Crippen LogP contribution in [0, 0.1) is 5.82 Å². The Morgan fingerprint density at radius 2 is 2.04 bits per heavy atom. The molecule has 124 valence electrons. The summed E-state index contributed by atoms with van der Waals surface area (Å²) in [5.41, 5.74) is 2.76. The summed E-state index contributed by atoms with van der Waals surface area (Å²) < 4.78 is 18.2. The quantitative estimate of drug-likeness (QED) is 0.665. The highest BCUT2D eigenvalue weighted by Crippen LogP contribution is 2.34. The summed E-state index contributed by atoms with van der Waals surface area (Å²) in [5.74, 6) is -0.758. The van der Waals surface area contributed by atoms with Gasteiger partial charge in [0, 0.05) is 11.4 Å². The van der Waals surface area contributed by atoms with Crippen LogP contribution in [0.3, 0.4) is 0 Å². The van der Waals surface area contributed by atoms with Crippen LogP contribution in [0.4, 0.5) is 10.1 Å². The van der Waals surface area contributed by atoms with E-state index in [9.17, 15) is 9.18 Å². The van der Waals surface area contributed by atoms with Gasteiger partial charge in [0.2, 0.25) is 0 Å². The van der Waals surface area contributed by atoms with Crippen molar-refractivity contribution in [1.82, 2.24) is 5.32 Å². The van der Waals surface area contributed by atoms with Crippen molar-refractivity contribution >= 4 is 40.3 Å². The molecule has 2 heterocycles. The van der Waals surface area contributed by atoms with Gasteiger partial charge in [0.15, 0.2) is 5.11 Å². The Bertz CT molecular complexity index is 801. The molecule has 0 unspecified atom stereocenters. The fourth-order valence-electron chi connectivity index (χ4n) is 2.71. The Morgan fingerprint density at radius 1 is 1.33 bits per heavy atom. The monoisotopic (exact) mass is 362 g/mol. The Labute approximate surface area is 148 Å². The van der Waals surface area contributed by atoms with E-state index in [4.69, 9.17) is 17.0 Å². The highest BCUT2D eigenvalue weighted by atomic mass is 32.1. The second kappa shape index (κ2) is 6.70. The number of hydrogen-bond donors (Lipinski definition) is 1. The summed E-state index contributed by atoms with van der Waals surface area (Å²) >= 11 is 7.03. The SMILES string of the molecule is COC(=O)C1=C(C)N(c2ccc(F)cc2)C(=S)N[C@@H]1c1ccsc1. The topological polar surface area (TPSA) is 41.6 Å². The molecule has 0 spiro atoms. The van der Waals surface area contributed by atoms with E-state index >= 15 is 0 Å². The van der Waals surface area contributed by atoms with Gasteiger partial charge in [-0.3, -0.25) is 4.90 Å².